The second-order valence-electron chi connectivity index (χ2n) is 8.76. The molecule has 4 atom stereocenters. The lowest BCUT2D eigenvalue weighted by Gasteiger charge is -2.36. The Morgan fingerprint density at radius 1 is 0.800 bits per heavy atom. The van der Waals surface area contributed by atoms with Crippen molar-refractivity contribution >= 4 is 17.3 Å². The molecule has 1 saturated heterocycles. The zero-order chi connectivity index (χ0) is 22.0. The second kappa shape index (κ2) is 18.3. The Morgan fingerprint density at radius 2 is 1.27 bits per heavy atom. The van der Waals surface area contributed by atoms with Crippen LogP contribution in [-0.4, -0.2) is 58.0 Å². The van der Waals surface area contributed by atoms with Crippen molar-refractivity contribution in [3.63, 3.8) is 0 Å². The molecule has 1 heterocycles. The SMILES string of the molecule is CCCCCCCCCCCCCCCCCC(=S)O[C@H]1CO[C@H](CO)[C@@H](O)[C@@H]1O. The summed E-state index contributed by atoms with van der Waals surface area (Å²) in [6.45, 7) is 2.07. The van der Waals surface area contributed by atoms with Gasteiger partial charge in [0.2, 0.25) is 0 Å². The molecule has 0 amide bonds. The van der Waals surface area contributed by atoms with E-state index >= 15 is 0 Å². The normalized spacial score (nSPS) is 24.1. The van der Waals surface area contributed by atoms with Crippen LogP contribution in [0.5, 0.6) is 0 Å². The zero-order valence-corrected chi connectivity index (χ0v) is 19.9. The van der Waals surface area contributed by atoms with E-state index in [0.29, 0.717) is 11.5 Å². The minimum atomic E-state index is -1.15. The van der Waals surface area contributed by atoms with Gasteiger partial charge in [-0.15, -0.1) is 0 Å². The first-order valence-corrected chi connectivity index (χ1v) is 12.8. The predicted molar refractivity (Wildman–Crippen MR) is 126 cm³/mol. The Labute approximate surface area is 189 Å². The van der Waals surface area contributed by atoms with E-state index in [1.165, 1.54) is 83.5 Å². The molecule has 0 bridgehead atoms. The Bertz CT molecular complexity index is 420. The van der Waals surface area contributed by atoms with Crippen molar-refractivity contribution in [2.24, 2.45) is 0 Å². The molecule has 0 aromatic heterocycles. The smallest absolute Gasteiger partial charge is 0.160 e. The zero-order valence-electron chi connectivity index (χ0n) is 19.1. The standard InChI is InChI=1S/C24H46O5S/c1-2-3-4-5-6-7-8-9-10-11-12-13-14-15-16-17-22(30)29-21-19-28-20(18-25)23(26)24(21)27/h20-21,23-27H,2-19H2,1H3/t20-,21+,23-,24-/m1/s1. The Hall–Kier alpha value is -0.270. The highest BCUT2D eigenvalue weighted by Gasteiger charge is 2.39. The fourth-order valence-electron chi connectivity index (χ4n) is 3.99. The van der Waals surface area contributed by atoms with Gasteiger partial charge in [-0.25, -0.2) is 0 Å². The number of aliphatic hydroxyl groups excluding tert-OH is 3. The summed E-state index contributed by atoms with van der Waals surface area (Å²) in [5, 5.41) is 29.5. The van der Waals surface area contributed by atoms with Gasteiger partial charge in [-0.05, 0) is 18.6 Å². The fraction of sp³-hybridized carbons (Fsp3) is 0.958. The van der Waals surface area contributed by atoms with Crippen LogP contribution in [0.25, 0.3) is 0 Å². The monoisotopic (exact) mass is 446 g/mol. The van der Waals surface area contributed by atoms with Crippen LogP contribution in [0.4, 0.5) is 0 Å². The van der Waals surface area contributed by atoms with E-state index in [4.69, 9.17) is 26.8 Å². The Balaban J connectivity index is 1.88. The Kier molecular flexibility index (Phi) is 17.0. The Morgan fingerprint density at radius 3 is 1.73 bits per heavy atom. The molecule has 0 spiro atoms. The summed E-state index contributed by atoms with van der Waals surface area (Å²) in [5.74, 6) is 0. The molecule has 30 heavy (non-hydrogen) atoms. The van der Waals surface area contributed by atoms with Crippen LogP contribution in [0.15, 0.2) is 0 Å². The molecular weight excluding hydrogens is 400 g/mol. The topological polar surface area (TPSA) is 79.2 Å². The molecule has 3 N–H and O–H groups in total. The van der Waals surface area contributed by atoms with Crippen molar-refractivity contribution < 1.29 is 24.8 Å². The van der Waals surface area contributed by atoms with Gasteiger partial charge in [-0.1, -0.05) is 96.8 Å². The molecule has 0 saturated carbocycles. The average molecular weight is 447 g/mol. The van der Waals surface area contributed by atoms with Crippen LogP contribution in [0.3, 0.4) is 0 Å². The van der Waals surface area contributed by atoms with E-state index in [2.05, 4.69) is 6.92 Å². The largest absolute Gasteiger partial charge is 0.479 e. The minimum Gasteiger partial charge on any atom is -0.479 e. The van der Waals surface area contributed by atoms with Crippen molar-refractivity contribution in [1.82, 2.24) is 0 Å². The van der Waals surface area contributed by atoms with E-state index in [1.54, 1.807) is 0 Å². The van der Waals surface area contributed by atoms with Gasteiger partial charge in [0.05, 0.1) is 13.2 Å². The van der Waals surface area contributed by atoms with Gasteiger partial charge >= 0.3 is 0 Å². The van der Waals surface area contributed by atoms with Gasteiger partial charge in [0.25, 0.3) is 0 Å². The van der Waals surface area contributed by atoms with Crippen molar-refractivity contribution in [2.45, 2.75) is 134 Å². The van der Waals surface area contributed by atoms with Gasteiger partial charge in [0.1, 0.15) is 18.3 Å². The molecule has 1 aliphatic heterocycles. The molecule has 0 aliphatic carbocycles. The predicted octanol–water partition coefficient (Wildman–Crippen LogP) is 5.07. The summed E-state index contributed by atoms with van der Waals surface area (Å²) in [4.78, 5) is 0. The van der Waals surface area contributed by atoms with Crippen molar-refractivity contribution in [3.05, 3.63) is 0 Å². The summed E-state index contributed by atoms with van der Waals surface area (Å²) in [7, 11) is 0. The quantitative estimate of drug-likeness (QED) is 0.201. The van der Waals surface area contributed by atoms with Crippen molar-refractivity contribution in [3.8, 4) is 0 Å². The summed E-state index contributed by atoms with van der Waals surface area (Å²) in [5.41, 5.74) is 0. The van der Waals surface area contributed by atoms with Gasteiger partial charge in [0.15, 0.2) is 11.2 Å². The number of unbranched alkanes of at least 4 members (excludes halogenated alkanes) is 14. The minimum absolute atomic E-state index is 0.127. The molecule has 1 rings (SSSR count). The number of aliphatic hydroxyl groups is 3. The van der Waals surface area contributed by atoms with Crippen LogP contribution >= 0.6 is 12.2 Å². The van der Waals surface area contributed by atoms with Gasteiger partial charge in [-0.2, -0.15) is 0 Å². The number of rotatable bonds is 18. The molecule has 0 aromatic carbocycles. The van der Waals surface area contributed by atoms with E-state index in [9.17, 15) is 10.2 Å². The molecule has 0 unspecified atom stereocenters. The molecule has 1 aliphatic rings. The second-order valence-corrected chi connectivity index (χ2v) is 9.22. The molecule has 0 aromatic rings. The lowest BCUT2D eigenvalue weighted by Crippen LogP contribution is -2.55. The number of ether oxygens (including phenoxy) is 2. The van der Waals surface area contributed by atoms with Crippen molar-refractivity contribution in [2.75, 3.05) is 13.2 Å². The van der Waals surface area contributed by atoms with Crippen LogP contribution in [-0.2, 0) is 9.47 Å². The summed E-state index contributed by atoms with van der Waals surface area (Å²) in [6, 6.07) is 0. The van der Waals surface area contributed by atoms with E-state index in [1.807, 2.05) is 0 Å². The lowest BCUT2D eigenvalue weighted by atomic mass is 10.0. The first-order chi connectivity index (χ1) is 14.6. The van der Waals surface area contributed by atoms with Crippen LogP contribution in [0.2, 0.25) is 0 Å². The highest BCUT2D eigenvalue weighted by molar-refractivity contribution is 7.80. The third-order valence-corrected chi connectivity index (χ3v) is 6.33. The van der Waals surface area contributed by atoms with Crippen molar-refractivity contribution in [1.29, 1.82) is 0 Å². The van der Waals surface area contributed by atoms with E-state index in [0.717, 1.165) is 12.8 Å². The summed E-state index contributed by atoms with van der Waals surface area (Å²) >= 11 is 5.26. The third kappa shape index (κ3) is 12.6. The molecule has 178 valence electrons. The number of thiocarbonyl (C=S) groups is 1. The fourth-order valence-corrected chi connectivity index (χ4v) is 4.26. The van der Waals surface area contributed by atoms with Crippen LogP contribution < -0.4 is 0 Å². The molecule has 6 heteroatoms. The number of hydrogen-bond donors (Lipinski definition) is 3. The van der Waals surface area contributed by atoms with E-state index < -0.39 is 24.4 Å². The van der Waals surface area contributed by atoms with Crippen LogP contribution in [0, 0.1) is 0 Å². The molecular formula is C24H46O5S. The molecule has 5 nitrogen and oxygen atoms in total. The maximum absolute atomic E-state index is 10.1. The van der Waals surface area contributed by atoms with Crippen LogP contribution in [0.1, 0.15) is 110 Å². The highest BCUT2D eigenvalue weighted by atomic mass is 32.1. The first-order valence-electron chi connectivity index (χ1n) is 12.4. The maximum atomic E-state index is 10.1. The van der Waals surface area contributed by atoms with Gasteiger partial charge in [0, 0.05) is 6.42 Å². The first kappa shape index (κ1) is 27.8. The summed E-state index contributed by atoms with van der Waals surface area (Å²) < 4.78 is 10.9. The molecule has 1 fully saturated rings. The highest BCUT2D eigenvalue weighted by Crippen LogP contribution is 2.19. The lowest BCUT2D eigenvalue weighted by molar-refractivity contribution is -0.191. The maximum Gasteiger partial charge on any atom is 0.160 e. The average Bonchev–Trinajstić information content (AvgIpc) is 2.74. The number of hydrogen-bond acceptors (Lipinski definition) is 6. The van der Waals surface area contributed by atoms with Gasteiger partial charge < -0.3 is 24.8 Å². The van der Waals surface area contributed by atoms with E-state index in [-0.39, 0.29) is 13.2 Å². The van der Waals surface area contributed by atoms with Gasteiger partial charge in [-0.3, -0.25) is 0 Å². The molecule has 0 radical (unpaired) electrons. The third-order valence-electron chi connectivity index (χ3n) is 6.03. The summed E-state index contributed by atoms with van der Waals surface area (Å²) in [6.07, 6.45) is 16.9.